The van der Waals surface area contributed by atoms with Crippen molar-refractivity contribution < 1.29 is 4.74 Å². The summed E-state index contributed by atoms with van der Waals surface area (Å²) in [7, 11) is 1.70. The van der Waals surface area contributed by atoms with Crippen LogP contribution in [0.15, 0.2) is 30.6 Å². The highest BCUT2D eigenvalue weighted by Gasteiger charge is 2.15. The van der Waals surface area contributed by atoms with E-state index >= 15 is 0 Å². The van der Waals surface area contributed by atoms with Crippen LogP contribution in [0.3, 0.4) is 0 Å². The lowest BCUT2D eigenvalue weighted by atomic mass is 9.95. The maximum absolute atomic E-state index is 5.05. The van der Waals surface area contributed by atoms with Gasteiger partial charge in [-0.25, -0.2) is 9.97 Å². The first-order valence-electron chi connectivity index (χ1n) is 8.03. The normalized spacial score (nSPS) is 16.4. The van der Waals surface area contributed by atoms with Crippen molar-refractivity contribution >= 4 is 22.8 Å². The molecule has 0 atom stereocenters. The van der Waals surface area contributed by atoms with E-state index in [4.69, 9.17) is 4.74 Å². The van der Waals surface area contributed by atoms with Gasteiger partial charge in [-0.3, -0.25) is 0 Å². The van der Waals surface area contributed by atoms with E-state index in [9.17, 15) is 0 Å². The molecule has 4 heteroatoms. The summed E-state index contributed by atoms with van der Waals surface area (Å²) in [5.74, 6) is 0.957. The number of benzene rings is 1. The lowest BCUT2D eigenvalue weighted by molar-refractivity contribution is 0.234. The van der Waals surface area contributed by atoms with Gasteiger partial charge >= 0.3 is 0 Å². The van der Waals surface area contributed by atoms with Gasteiger partial charge in [0.25, 0.3) is 0 Å². The van der Waals surface area contributed by atoms with Crippen LogP contribution in [0.1, 0.15) is 37.7 Å². The Kier molecular flexibility index (Phi) is 5.01. The van der Waals surface area contributed by atoms with Crippen molar-refractivity contribution in [1.29, 1.82) is 0 Å². The number of methoxy groups -OCH3 is 1. The zero-order valence-corrected chi connectivity index (χ0v) is 13.1. The van der Waals surface area contributed by atoms with Gasteiger partial charge in [-0.05, 0) is 30.5 Å². The maximum Gasteiger partial charge on any atom is 0.137 e. The molecule has 0 aliphatic heterocycles. The molecule has 3 rings (SSSR count). The number of aromatic nitrogens is 2. The van der Waals surface area contributed by atoms with E-state index in [-0.39, 0.29) is 0 Å². The van der Waals surface area contributed by atoms with Crippen molar-refractivity contribution in [2.45, 2.75) is 38.1 Å². The molecule has 0 bridgehead atoms. The van der Waals surface area contributed by atoms with Gasteiger partial charge in [0.1, 0.15) is 12.1 Å². The first-order valence-corrected chi connectivity index (χ1v) is 8.03. The van der Waals surface area contributed by atoms with Crippen molar-refractivity contribution in [1.82, 2.24) is 9.97 Å². The van der Waals surface area contributed by atoms with Gasteiger partial charge in [0.2, 0.25) is 0 Å². The Morgan fingerprint density at radius 2 is 2.09 bits per heavy atom. The van der Waals surface area contributed by atoms with Gasteiger partial charge < -0.3 is 10.1 Å². The van der Waals surface area contributed by atoms with E-state index in [1.807, 2.05) is 6.08 Å². The van der Waals surface area contributed by atoms with Crippen LogP contribution < -0.4 is 5.32 Å². The molecular weight excluding hydrogens is 274 g/mol. The number of ether oxygens (including phenoxy) is 1. The molecule has 1 saturated carbocycles. The monoisotopic (exact) mass is 297 g/mol. The topological polar surface area (TPSA) is 47.0 Å². The molecule has 0 saturated heterocycles. The maximum atomic E-state index is 5.05. The van der Waals surface area contributed by atoms with Crippen molar-refractivity contribution in [3.63, 3.8) is 0 Å². The number of anilines is 1. The summed E-state index contributed by atoms with van der Waals surface area (Å²) in [6.07, 6.45) is 12.2. The Morgan fingerprint density at radius 1 is 1.23 bits per heavy atom. The van der Waals surface area contributed by atoms with E-state index < -0.39 is 0 Å². The largest absolute Gasteiger partial charge is 0.381 e. The summed E-state index contributed by atoms with van der Waals surface area (Å²) in [5, 5.41) is 4.71. The SMILES string of the molecule is COC/C=C/c1ccc2ncnc(NC3CCCCC3)c2c1. The summed E-state index contributed by atoms with van der Waals surface area (Å²) in [5.41, 5.74) is 2.13. The molecule has 0 radical (unpaired) electrons. The highest BCUT2D eigenvalue weighted by atomic mass is 16.5. The Hall–Kier alpha value is -1.94. The summed E-state index contributed by atoms with van der Waals surface area (Å²) in [4.78, 5) is 8.84. The molecule has 1 aromatic heterocycles. The molecule has 22 heavy (non-hydrogen) atoms. The number of nitrogens with zero attached hydrogens (tertiary/aromatic N) is 2. The fourth-order valence-electron chi connectivity index (χ4n) is 3.01. The first kappa shape index (κ1) is 15.0. The third-order valence-electron chi connectivity index (χ3n) is 4.18. The molecule has 2 aromatic rings. The predicted octanol–water partition coefficient (Wildman–Crippen LogP) is 4.03. The zero-order chi connectivity index (χ0) is 15.2. The van der Waals surface area contributed by atoms with Gasteiger partial charge in [-0.15, -0.1) is 0 Å². The minimum absolute atomic E-state index is 0.541. The fourth-order valence-corrected chi connectivity index (χ4v) is 3.01. The van der Waals surface area contributed by atoms with Crippen molar-refractivity contribution in [2.24, 2.45) is 0 Å². The van der Waals surface area contributed by atoms with E-state index in [2.05, 4.69) is 39.6 Å². The molecular formula is C18H23N3O. The molecule has 116 valence electrons. The lowest BCUT2D eigenvalue weighted by Crippen LogP contribution is -2.23. The Morgan fingerprint density at radius 3 is 2.91 bits per heavy atom. The number of nitrogens with one attached hydrogen (secondary N) is 1. The Labute approximate surface area is 131 Å². The van der Waals surface area contributed by atoms with Crippen molar-refractivity contribution in [3.05, 3.63) is 36.2 Å². The minimum atomic E-state index is 0.541. The van der Waals surface area contributed by atoms with Gasteiger partial charge in [0.15, 0.2) is 0 Å². The molecule has 0 spiro atoms. The second-order valence-corrected chi connectivity index (χ2v) is 5.84. The summed E-state index contributed by atoms with van der Waals surface area (Å²) < 4.78 is 5.05. The molecule has 1 aliphatic rings. The molecule has 1 aromatic carbocycles. The van der Waals surface area contributed by atoms with Gasteiger partial charge in [0.05, 0.1) is 12.1 Å². The fraction of sp³-hybridized carbons (Fsp3) is 0.444. The molecule has 1 heterocycles. The van der Waals surface area contributed by atoms with Crippen LogP contribution in [0.25, 0.3) is 17.0 Å². The molecule has 0 amide bonds. The van der Waals surface area contributed by atoms with Crippen LogP contribution >= 0.6 is 0 Å². The van der Waals surface area contributed by atoms with E-state index in [0.29, 0.717) is 12.6 Å². The predicted molar refractivity (Wildman–Crippen MR) is 90.9 cm³/mol. The number of rotatable bonds is 5. The van der Waals surface area contributed by atoms with Gasteiger partial charge in [-0.2, -0.15) is 0 Å². The van der Waals surface area contributed by atoms with Gasteiger partial charge in [-0.1, -0.05) is 37.5 Å². The van der Waals surface area contributed by atoms with Crippen LogP contribution in [0.2, 0.25) is 0 Å². The van der Waals surface area contributed by atoms with Crippen LogP contribution in [-0.4, -0.2) is 29.7 Å². The molecule has 1 aliphatic carbocycles. The van der Waals surface area contributed by atoms with Crippen molar-refractivity contribution in [3.8, 4) is 0 Å². The highest BCUT2D eigenvalue weighted by Crippen LogP contribution is 2.25. The van der Waals surface area contributed by atoms with Crippen LogP contribution in [-0.2, 0) is 4.74 Å². The zero-order valence-electron chi connectivity index (χ0n) is 13.1. The third-order valence-corrected chi connectivity index (χ3v) is 4.18. The summed E-state index contributed by atoms with van der Waals surface area (Å²) >= 11 is 0. The quantitative estimate of drug-likeness (QED) is 0.905. The second-order valence-electron chi connectivity index (χ2n) is 5.84. The van der Waals surface area contributed by atoms with Gasteiger partial charge in [0, 0.05) is 18.5 Å². The molecule has 0 unspecified atom stereocenters. The first-order chi connectivity index (χ1) is 10.9. The number of hydrogen-bond acceptors (Lipinski definition) is 4. The second kappa shape index (κ2) is 7.36. The summed E-state index contributed by atoms with van der Waals surface area (Å²) in [6, 6.07) is 6.81. The van der Waals surface area contributed by atoms with Crippen LogP contribution in [0, 0.1) is 0 Å². The average molecular weight is 297 g/mol. The molecule has 4 nitrogen and oxygen atoms in total. The van der Waals surface area contributed by atoms with Crippen molar-refractivity contribution in [2.75, 3.05) is 19.0 Å². The standard InChI is InChI=1S/C18H23N3O/c1-22-11-5-6-14-9-10-17-16(12-14)18(20-13-19-17)21-15-7-3-2-4-8-15/h5-6,9-10,12-13,15H,2-4,7-8,11H2,1H3,(H,19,20,21)/b6-5+. The number of fused-ring (bicyclic) bond motifs is 1. The third kappa shape index (κ3) is 3.63. The van der Waals surface area contributed by atoms with E-state index in [1.54, 1.807) is 13.4 Å². The molecule has 1 N–H and O–H groups in total. The van der Waals surface area contributed by atoms with Crippen LogP contribution in [0.4, 0.5) is 5.82 Å². The number of hydrogen-bond donors (Lipinski definition) is 1. The lowest BCUT2D eigenvalue weighted by Gasteiger charge is -2.23. The highest BCUT2D eigenvalue weighted by molar-refractivity contribution is 5.90. The Balaban J connectivity index is 1.86. The average Bonchev–Trinajstić information content (AvgIpc) is 2.57. The minimum Gasteiger partial charge on any atom is -0.381 e. The molecule has 1 fully saturated rings. The van der Waals surface area contributed by atoms with E-state index in [0.717, 1.165) is 22.3 Å². The Bertz CT molecular complexity index is 648. The van der Waals surface area contributed by atoms with E-state index in [1.165, 1.54) is 32.1 Å². The summed E-state index contributed by atoms with van der Waals surface area (Å²) in [6.45, 7) is 0.622. The van der Waals surface area contributed by atoms with Crippen LogP contribution in [0.5, 0.6) is 0 Å². The smallest absolute Gasteiger partial charge is 0.137 e.